The molecular weight excluding hydrogens is 250 g/mol. The van der Waals surface area contributed by atoms with E-state index in [0.717, 1.165) is 5.41 Å². The average Bonchev–Trinajstić information content (AvgIpc) is 2.43. The van der Waals surface area contributed by atoms with Gasteiger partial charge in [0.2, 0.25) is 0 Å². The second-order valence-corrected chi connectivity index (χ2v) is 5.35. The van der Waals surface area contributed by atoms with Crippen molar-refractivity contribution in [1.82, 2.24) is 0 Å². The fourth-order valence-electron chi connectivity index (χ4n) is 1.19. The Morgan fingerprint density at radius 1 is 1.25 bits per heavy atom. The lowest BCUT2D eigenvalue weighted by atomic mass is 10.3. The van der Waals surface area contributed by atoms with Crippen molar-refractivity contribution >= 4 is 26.7 Å². The SMILES string of the molecule is CC1=CS(=O)(=O)C(Oc2ccc(Cl)cc2)=N1. The van der Waals surface area contributed by atoms with E-state index in [9.17, 15) is 8.42 Å². The van der Waals surface area contributed by atoms with Gasteiger partial charge in [-0.2, -0.15) is 0 Å². The summed E-state index contributed by atoms with van der Waals surface area (Å²) < 4.78 is 28.1. The molecule has 0 spiro atoms. The molecule has 0 bridgehead atoms. The molecule has 2 rings (SSSR count). The number of hydrogen-bond acceptors (Lipinski definition) is 4. The highest BCUT2D eigenvalue weighted by atomic mass is 35.5. The molecule has 0 fully saturated rings. The summed E-state index contributed by atoms with van der Waals surface area (Å²) in [7, 11) is -3.51. The Morgan fingerprint density at radius 2 is 1.88 bits per heavy atom. The van der Waals surface area contributed by atoms with Crippen LogP contribution in [-0.2, 0) is 9.84 Å². The highest BCUT2D eigenvalue weighted by Crippen LogP contribution is 2.20. The highest BCUT2D eigenvalue weighted by Gasteiger charge is 2.25. The van der Waals surface area contributed by atoms with E-state index in [1.165, 1.54) is 0 Å². The molecule has 0 unspecified atom stereocenters. The number of benzene rings is 1. The van der Waals surface area contributed by atoms with Crippen LogP contribution in [0.5, 0.6) is 5.75 Å². The summed E-state index contributed by atoms with van der Waals surface area (Å²) >= 11 is 5.69. The van der Waals surface area contributed by atoms with Crippen molar-refractivity contribution < 1.29 is 13.2 Å². The Labute approximate surface area is 98.1 Å². The molecule has 0 saturated heterocycles. The minimum absolute atomic E-state index is 0.299. The lowest BCUT2D eigenvalue weighted by Gasteiger charge is -2.03. The van der Waals surface area contributed by atoms with Crippen LogP contribution < -0.4 is 4.74 Å². The molecule has 6 heteroatoms. The van der Waals surface area contributed by atoms with Crippen LogP contribution in [0.15, 0.2) is 40.4 Å². The van der Waals surface area contributed by atoms with Gasteiger partial charge in [-0.1, -0.05) is 11.6 Å². The molecule has 84 valence electrons. The Morgan fingerprint density at radius 3 is 2.38 bits per heavy atom. The fraction of sp³-hybridized carbons (Fsp3) is 0.100. The molecule has 1 aliphatic heterocycles. The summed E-state index contributed by atoms with van der Waals surface area (Å²) in [4.78, 5) is 3.79. The van der Waals surface area contributed by atoms with E-state index in [1.54, 1.807) is 31.2 Å². The molecule has 0 aliphatic carbocycles. The van der Waals surface area contributed by atoms with Crippen LogP contribution in [0.4, 0.5) is 0 Å². The maximum absolute atomic E-state index is 11.5. The number of nitrogens with zero attached hydrogens (tertiary/aromatic N) is 1. The predicted molar refractivity (Wildman–Crippen MR) is 62.2 cm³/mol. The van der Waals surface area contributed by atoms with E-state index < -0.39 is 9.84 Å². The lowest BCUT2D eigenvalue weighted by Crippen LogP contribution is -2.15. The van der Waals surface area contributed by atoms with Gasteiger partial charge in [0.05, 0.1) is 11.1 Å². The minimum atomic E-state index is -3.51. The number of halogens is 1. The first-order valence-electron chi connectivity index (χ1n) is 4.43. The molecule has 0 amide bonds. The summed E-state index contributed by atoms with van der Waals surface area (Å²) in [6, 6.07) is 6.38. The summed E-state index contributed by atoms with van der Waals surface area (Å²) in [6.07, 6.45) is 0. The van der Waals surface area contributed by atoms with E-state index in [1.807, 2.05) is 0 Å². The van der Waals surface area contributed by atoms with E-state index in [2.05, 4.69) is 4.99 Å². The van der Waals surface area contributed by atoms with Crippen molar-refractivity contribution in [3.63, 3.8) is 0 Å². The third kappa shape index (κ3) is 2.25. The van der Waals surface area contributed by atoms with E-state index in [0.29, 0.717) is 16.5 Å². The first kappa shape index (κ1) is 11.2. The van der Waals surface area contributed by atoms with E-state index >= 15 is 0 Å². The standard InChI is InChI=1S/C10H8ClNO3S/c1-7-6-16(13,14)10(12-7)15-9-4-2-8(11)3-5-9/h2-6H,1H3. The van der Waals surface area contributed by atoms with Crippen molar-refractivity contribution in [2.24, 2.45) is 4.99 Å². The molecule has 1 aliphatic rings. The smallest absolute Gasteiger partial charge is 0.319 e. The molecule has 0 saturated carbocycles. The molecular formula is C10H8ClNO3S. The van der Waals surface area contributed by atoms with Crippen molar-refractivity contribution in [3.05, 3.63) is 40.4 Å². The van der Waals surface area contributed by atoms with Crippen LogP contribution in [0.2, 0.25) is 5.02 Å². The second-order valence-electron chi connectivity index (χ2n) is 3.24. The fourth-order valence-corrected chi connectivity index (χ4v) is 2.41. The van der Waals surface area contributed by atoms with Crippen molar-refractivity contribution in [2.75, 3.05) is 0 Å². The van der Waals surface area contributed by atoms with Crippen LogP contribution in [0.1, 0.15) is 6.92 Å². The number of allylic oxidation sites excluding steroid dienone is 1. The third-order valence-corrected chi connectivity index (χ3v) is 3.42. The van der Waals surface area contributed by atoms with Gasteiger partial charge in [0.15, 0.2) is 0 Å². The summed E-state index contributed by atoms with van der Waals surface area (Å²) in [5.41, 5.74) is 0.406. The van der Waals surface area contributed by atoms with Crippen molar-refractivity contribution in [1.29, 1.82) is 0 Å². The number of rotatable bonds is 1. The molecule has 1 heterocycles. The monoisotopic (exact) mass is 257 g/mol. The topological polar surface area (TPSA) is 55.7 Å². The zero-order chi connectivity index (χ0) is 11.8. The molecule has 0 aromatic heterocycles. The number of aliphatic imine (C=N–C) groups is 1. The summed E-state index contributed by atoms with van der Waals surface area (Å²) in [6.45, 7) is 1.59. The van der Waals surface area contributed by atoms with Gasteiger partial charge in [0, 0.05) is 5.02 Å². The Kier molecular flexibility index (Phi) is 2.73. The summed E-state index contributed by atoms with van der Waals surface area (Å²) in [5.74, 6) is 0.384. The van der Waals surface area contributed by atoms with Crippen LogP contribution >= 0.6 is 11.6 Å². The second kappa shape index (κ2) is 3.92. The Balaban J connectivity index is 2.25. The lowest BCUT2D eigenvalue weighted by molar-refractivity contribution is 0.549. The molecule has 0 N–H and O–H groups in total. The van der Waals surface area contributed by atoms with Crippen LogP contribution in [0, 0.1) is 0 Å². The van der Waals surface area contributed by atoms with E-state index in [4.69, 9.17) is 16.3 Å². The average molecular weight is 258 g/mol. The van der Waals surface area contributed by atoms with Crippen molar-refractivity contribution in [2.45, 2.75) is 6.92 Å². The molecule has 16 heavy (non-hydrogen) atoms. The quantitative estimate of drug-likeness (QED) is 0.776. The minimum Gasteiger partial charge on any atom is -0.430 e. The van der Waals surface area contributed by atoms with E-state index in [-0.39, 0.29) is 5.23 Å². The number of ether oxygens (including phenoxy) is 1. The zero-order valence-electron chi connectivity index (χ0n) is 8.34. The van der Waals surface area contributed by atoms with Gasteiger partial charge >= 0.3 is 5.23 Å². The highest BCUT2D eigenvalue weighted by molar-refractivity contribution is 8.08. The predicted octanol–water partition coefficient (Wildman–Crippen LogP) is 2.36. The molecule has 0 atom stereocenters. The van der Waals surface area contributed by atoms with Crippen LogP contribution in [0.3, 0.4) is 0 Å². The third-order valence-electron chi connectivity index (χ3n) is 1.86. The Hall–Kier alpha value is -1.33. The molecule has 4 nitrogen and oxygen atoms in total. The number of sulfone groups is 1. The van der Waals surface area contributed by atoms with Gasteiger partial charge in [0.1, 0.15) is 5.75 Å². The first-order valence-corrected chi connectivity index (χ1v) is 6.35. The van der Waals surface area contributed by atoms with Gasteiger partial charge in [0.25, 0.3) is 9.84 Å². The largest absolute Gasteiger partial charge is 0.430 e. The van der Waals surface area contributed by atoms with Gasteiger partial charge in [-0.3, -0.25) is 0 Å². The van der Waals surface area contributed by atoms with Gasteiger partial charge in [-0.05, 0) is 31.2 Å². The number of hydrogen-bond donors (Lipinski definition) is 0. The summed E-state index contributed by atoms with van der Waals surface area (Å²) in [5, 5.41) is 1.32. The van der Waals surface area contributed by atoms with Gasteiger partial charge in [-0.25, -0.2) is 13.4 Å². The zero-order valence-corrected chi connectivity index (χ0v) is 9.92. The molecule has 1 aromatic carbocycles. The van der Waals surface area contributed by atoms with Crippen molar-refractivity contribution in [3.8, 4) is 5.75 Å². The molecule has 0 radical (unpaired) electrons. The Bertz CT molecular complexity index is 573. The van der Waals surface area contributed by atoms with Crippen LogP contribution in [0.25, 0.3) is 0 Å². The first-order chi connectivity index (χ1) is 7.47. The normalized spacial score (nSPS) is 17.9. The van der Waals surface area contributed by atoms with Gasteiger partial charge in [-0.15, -0.1) is 0 Å². The van der Waals surface area contributed by atoms with Crippen LogP contribution in [-0.4, -0.2) is 13.6 Å². The van der Waals surface area contributed by atoms with Gasteiger partial charge < -0.3 is 4.74 Å². The maximum atomic E-state index is 11.5. The molecule has 1 aromatic rings. The maximum Gasteiger partial charge on any atom is 0.319 e.